The zero-order valence-corrected chi connectivity index (χ0v) is 13.8. The summed E-state index contributed by atoms with van der Waals surface area (Å²) in [5.41, 5.74) is 0.974. The Morgan fingerprint density at radius 1 is 1.33 bits per heavy atom. The number of para-hydroxylation sites is 2. The van der Waals surface area contributed by atoms with Crippen LogP contribution in [0.1, 0.15) is 6.42 Å². The van der Waals surface area contributed by atoms with E-state index < -0.39 is 5.76 Å². The summed E-state index contributed by atoms with van der Waals surface area (Å²) < 4.78 is 11.2. The van der Waals surface area contributed by atoms with Gasteiger partial charge in [0.2, 0.25) is 11.8 Å². The first kappa shape index (κ1) is 17.7. The largest absolute Gasteiger partial charge is 0.420 e. The fourth-order valence-electron chi connectivity index (χ4n) is 2.22. The molecular formula is C16H21N3O5. The summed E-state index contributed by atoms with van der Waals surface area (Å²) in [7, 11) is 3.11. The number of hydrogen-bond donors (Lipinski definition) is 1. The highest BCUT2D eigenvalue weighted by Gasteiger charge is 2.17. The predicted octanol–water partition coefficient (Wildman–Crippen LogP) is 0.206. The molecule has 1 aromatic heterocycles. The van der Waals surface area contributed by atoms with Crippen molar-refractivity contribution < 1.29 is 18.7 Å². The molecule has 8 heteroatoms. The maximum atomic E-state index is 12.2. The first-order valence-corrected chi connectivity index (χ1v) is 7.61. The van der Waals surface area contributed by atoms with Crippen LogP contribution in [-0.4, -0.2) is 55.1 Å². The van der Waals surface area contributed by atoms with Crippen LogP contribution in [0.3, 0.4) is 0 Å². The molecule has 1 aromatic carbocycles. The van der Waals surface area contributed by atoms with Crippen molar-refractivity contribution in [2.24, 2.45) is 0 Å². The molecule has 0 aliphatic carbocycles. The zero-order chi connectivity index (χ0) is 17.5. The van der Waals surface area contributed by atoms with Gasteiger partial charge in [0, 0.05) is 27.3 Å². The lowest BCUT2D eigenvalue weighted by Crippen LogP contribution is -2.40. The number of amides is 2. The lowest BCUT2D eigenvalue weighted by Gasteiger charge is -2.17. The van der Waals surface area contributed by atoms with Crippen molar-refractivity contribution in [3.63, 3.8) is 0 Å². The van der Waals surface area contributed by atoms with Crippen molar-refractivity contribution >= 4 is 22.9 Å². The Morgan fingerprint density at radius 3 is 2.83 bits per heavy atom. The van der Waals surface area contributed by atoms with Gasteiger partial charge in [0.25, 0.3) is 0 Å². The molecule has 2 rings (SSSR count). The van der Waals surface area contributed by atoms with E-state index in [0.29, 0.717) is 30.7 Å². The molecule has 0 saturated carbocycles. The molecule has 1 N–H and O–H groups in total. The van der Waals surface area contributed by atoms with Crippen molar-refractivity contribution in [3.8, 4) is 0 Å². The Bertz CT molecular complexity index is 764. The summed E-state index contributed by atoms with van der Waals surface area (Å²) in [5.74, 6) is -1.20. The Balaban J connectivity index is 1.92. The highest BCUT2D eigenvalue weighted by atomic mass is 16.5. The molecule has 0 fully saturated rings. The molecule has 0 atom stereocenters. The number of carbonyl (C=O) groups excluding carboxylic acids is 2. The van der Waals surface area contributed by atoms with Crippen LogP contribution in [-0.2, 0) is 20.9 Å². The van der Waals surface area contributed by atoms with E-state index in [1.165, 1.54) is 16.5 Å². The first-order chi connectivity index (χ1) is 11.5. The van der Waals surface area contributed by atoms with E-state index in [1.54, 1.807) is 31.4 Å². The SMILES string of the molecule is COCCCNC(=O)CN(C)C(=O)Cn1c(=O)oc2ccccc21. The van der Waals surface area contributed by atoms with Crippen LogP contribution in [0.15, 0.2) is 33.5 Å². The molecule has 0 radical (unpaired) electrons. The Hall–Kier alpha value is -2.61. The maximum absolute atomic E-state index is 12.2. The quantitative estimate of drug-likeness (QED) is 0.696. The van der Waals surface area contributed by atoms with Gasteiger partial charge in [-0.15, -0.1) is 0 Å². The third-order valence-corrected chi connectivity index (χ3v) is 3.52. The average Bonchev–Trinajstić information content (AvgIpc) is 2.87. The van der Waals surface area contributed by atoms with Crippen LogP contribution in [0.2, 0.25) is 0 Å². The van der Waals surface area contributed by atoms with Gasteiger partial charge < -0.3 is 19.4 Å². The van der Waals surface area contributed by atoms with Crippen LogP contribution in [0, 0.1) is 0 Å². The number of carbonyl (C=O) groups is 2. The molecule has 0 unspecified atom stereocenters. The van der Waals surface area contributed by atoms with Crippen molar-refractivity contribution in [1.29, 1.82) is 0 Å². The summed E-state index contributed by atoms with van der Waals surface area (Å²) in [6, 6.07) is 6.87. The van der Waals surface area contributed by atoms with E-state index in [-0.39, 0.29) is 24.9 Å². The number of nitrogens with zero attached hydrogens (tertiary/aromatic N) is 2. The smallest absolute Gasteiger partial charge is 0.408 e. The van der Waals surface area contributed by atoms with Gasteiger partial charge in [-0.1, -0.05) is 12.1 Å². The van der Waals surface area contributed by atoms with Gasteiger partial charge in [0.15, 0.2) is 5.58 Å². The summed E-state index contributed by atoms with van der Waals surface area (Å²) in [4.78, 5) is 37.1. The second-order valence-electron chi connectivity index (χ2n) is 5.37. The van der Waals surface area contributed by atoms with E-state index in [2.05, 4.69) is 5.32 Å². The number of hydrogen-bond acceptors (Lipinski definition) is 5. The fourth-order valence-corrected chi connectivity index (χ4v) is 2.22. The van der Waals surface area contributed by atoms with E-state index in [9.17, 15) is 14.4 Å². The zero-order valence-electron chi connectivity index (χ0n) is 13.8. The first-order valence-electron chi connectivity index (χ1n) is 7.61. The number of aromatic nitrogens is 1. The minimum atomic E-state index is -0.595. The highest BCUT2D eigenvalue weighted by Crippen LogP contribution is 2.11. The number of likely N-dealkylation sites (N-methyl/N-ethyl adjacent to an activating group) is 1. The number of benzene rings is 1. The van der Waals surface area contributed by atoms with Crippen molar-refractivity contribution in [3.05, 3.63) is 34.8 Å². The molecule has 0 aliphatic rings. The lowest BCUT2D eigenvalue weighted by atomic mass is 10.3. The van der Waals surface area contributed by atoms with Crippen molar-refractivity contribution in [2.45, 2.75) is 13.0 Å². The molecule has 2 amide bonds. The van der Waals surface area contributed by atoms with Crippen LogP contribution in [0.4, 0.5) is 0 Å². The minimum absolute atomic E-state index is 0.0731. The van der Waals surface area contributed by atoms with Gasteiger partial charge in [-0.05, 0) is 18.6 Å². The summed E-state index contributed by atoms with van der Waals surface area (Å²) in [6.45, 7) is 0.797. The molecule has 1 heterocycles. The normalized spacial score (nSPS) is 10.8. The standard InChI is InChI=1S/C16H21N3O5/c1-18(10-14(20)17-8-5-9-23-2)15(21)11-19-12-6-3-4-7-13(12)24-16(19)22/h3-4,6-7H,5,8-11H2,1-2H3,(H,17,20). The predicted molar refractivity (Wildman–Crippen MR) is 87.6 cm³/mol. The third-order valence-electron chi connectivity index (χ3n) is 3.52. The molecule has 0 saturated heterocycles. The summed E-state index contributed by atoms with van der Waals surface area (Å²) in [6.07, 6.45) is 0.705. The Labute approximate surface area is 139 Å². The number of methoxy groups -OCH3 is 1. The number of fused-ring (bicyclic) bond motifs is 1. The highest BCUT2D eigenvalue weighted by molar-refractivity contribution is 5.85. The van der Waals surface area contributed by atoms with Crippen LogP contribution < -0.4 is 11.1 Å². The summed E-state index contributed by atoms with van der Waals surface area (Å²) in [5, 5.41) is 2.70. The number of rotatable bonds is 8. The molecule has 8 nitrogen and oxygen atoms in total. The fraction of sp³-hybridized carbons (Fsp3) is 0.438. The van der Waals surface area contributed by atoms with Crippen LogP contribution in [0.5, 0.6) is 0 Å². The Kier molecular flexibility index (Phi) is 6.14. The number of ether oxygens (including phenoxy) is 1. The molecule has 0 aliphatic heterocycles. The number of nitrogens with one attached hydrogen (secondary N) is 1. The van der Waals surface area contributed by atoms with Gasteiger partial charge in [-0.2, -0.15) is 0 Å². The van der Waals surface area contributed by atoms with Gasteiger partial charge in [0.05, 0.1) is 12.1 Å². The summed E-state index contributed by atoms with van der Waals surface area (Å²) >= 11 is 0. The van der Waals surface area contributed by atoms with E-state index in [1.807, 2.05) is 0 Å². The Morgan fingerprint density at radius 2 is 2.08 bits per heavy atom. The third kappa shape index (κ3) is 4.45. The molecule has 2 aromatic rings. The van der Waals surface area contributed by atoms with Crippen LogP contribution in [0.25, 0.3) is 11.1 Å². The van der Waals surface area contributed by atoms with E-state index >= 15 is 0 Å². The second kappa shape index (κ2) is 8.30. The molecular weight excluding hydrogens is 314 g/mol. The molecule has 130 valence electrons. The number of oxazole rings is 1. The topological polar surface area (TPSA) is 93.8 Å². The monoisotopic (exact) mass is 335 g/mol. The second-order valence-corrected chi connectivity index (χ2v) is 5.37. The van der Waals surface area contributed by atoms with Crippen molar-refractivity contribution in [2.75, 3.05) is 33.9 Å². The molecule has 24 heavy (non-hydrogen) atoms. The van der Waals surface area contributed by atoms with Crippen molar-refractivity contribution in [1.82, 2.24) is 14.8 Å². The van der Waals surface area contributed by atoms with Gasteiger partial charge >= 0.3 is 5.76 Å². The van der Waals surface area contributed by atoms with E-state index in [0.717, 1.165) is 0 Å². The van der Waals surface area contributed by atoms with Gasteiger partial charge in [-0.3, -0.25) is 14.2 Å². The molecule has 0 bridgehead atoms. The van der Waals surface area contributed by atoms with Gasteiger partial charge in [0.1, 0.15) is 6.54 Å². The van der Waals surface area contributed by atoms with E-state index in [4.69, 9.17) is 9.15 Å². The lowest BCUT2D eigenvalue weighted by molar-refractivity contribution is -0.135. The molecule has 0 spiro atoms. The minimum Gasteiger partial charge on any atom is -0.408 e. The van der Waals surface area contributed by atoms with Crippen LogP contribution >= 0.6 is 0 Å². The maximum Gasteiger partial charge on any atom is 0.420 e. The average molecular weight is 335 g/mol. The van der Waals surface area contributed by atoms with Gasteiger partial charge in [-0.25, -0.2) is 4.79 Å².